The summed E-state index contributed by atoms with van der Waals surface area (Å²) in [6, 6.07) is 0.105. The smallest absolute Gasteiger partial charge is 0.319 e. The van der Waals surface area contributed by atoms with E-state index in [1.807, 2.05) is 18.7 Å². The van der Waals surface area contributed by atoms with Gasteiger partial charge >= 0.3 is 6.03 Å². The Labute approximate surface area is 126 Å². The van der Waals surface area contributed by atoms with Crippen LogP contribution in [0.5, 0.6) is 0 Å². The molecule has 0 radical (unpaired) electrons. The van der Waals surface area contributed by atoms with Crippen molar-refractivity contribution in [2.24, 2.45) is 11.3 Å². The molecule has 120 valence electrons. The van der Waals surface area contributed by atoms with Crippen molar-refractivity contribution in [1.82, 2.24) is 15.1 Å². The van der Waals surface area contributed by atoms with Gasteiger partial charge in [-0.1, -0.05) is 0 Å². The van der Waals surface area contributed by atoms with Gasteiger partial charge in [-0.25, -0.2) is 4.79 Å². The summed E-state index contributed by atoms with van der Waals surface area (Å²) in [6.45, 7) is 6.45. The maximum absolute atomic E-state index is 12.6. The minimum atomic E-state index is -0.132. The summed E-state index contributed by atoms with van der Waals surface area (Å²) in [5.41, 5.74) is -0.122. The van der Waals surface area contributed by atoms with Gasteiger partial charge in [0.2, 0.25) is 5.91 Å². The number of urea groups is 1. The van der Waals surface area contributed by atoms with Crippen molar-refractivity contribution in [3.8, 4) is 0 Å². The number of hydrogen-bond acceptors (Lipinski definition) is 3. The summed E-state index contributed by atoms with van der Waals surface area (Å²) in [4.78, 5) is 28.2. The van der Waals surface area contributed by atoms with Crippen LogP contribution in [-0.2, 0) is 9.53 Å². The molecule has 1 N–H and O–H groups in total. The van der Waals surface area contributed by atoms with Crippen LogP contribution >= 0.6 is 0 Å². The SMILES string of the molecule is CC(C)NC(=O)[C@@H]1CN(C(=O)N(C)C)CC12CCOCC2. The van der Waals surface area contributed by atoms with E-state index in [0.717, 1.165) is 12.8 Å². The molecule has 2 heterocycles. The molecular formula is C15H27N3O3. The van der Waals surface area contributed by atoms with Crippen molar-refractivity contribution in [3.05, 3.63) is 0 Å². The van der Waals surface area contributed by atoms with E-state index in [9.17, 15) is 9.59 Å². The first-order valence-electron chi connectivity index (χ1n) is 7.70. The van der Waals surface area contributed by atoms with E-state index in [4.69, 9.17) is 4.74 Å². The molecule has 0 aromatic carbocycles. The zero-order valence-corrected chi connectivity index (χ0v) is 13.5. The first-order valence-corrected chi connectivity index (χ1v) is 7.70. The monoisotopic (exact) mass is 297 g/mol. The zero-order chi connectivity index (χ0) is 15.6. The molecule has 6 heteroatoms. The average molecular weight is 297 g/mol. The minimum absolute atomic E-state index is 0.0132. The number of ether oxygens (including phenoxy) is 1. The maximum atomic E-state index is 12.6. The molecule has 0 aromatic heterocycles. The third-order valence-corrected chi connectivity index (χ3v) is 4.54. The fourth-order valence-electron chi connectivity index (χ4n) is 3.43. The van der Waals surface area contributed by atoms with Crippen molar-refractivity contribution >= 4 is 11.9 Å². The van der Waals surface area contributed by atoms with Crippen molar-refractivity contribution < 1.29 is 14.3 Å². The van der Waals surface area contributed by atoms with Crippen LogP contribution in [0.15, 0.2) is 0 Å². The Morgan fingerprint density at radius 1 is 1.29 bits per heavy atom. The van der Waals surface area contributed by atoms with Crippen molar-refractivity contribution in [2.75, 3.05) is 40.4 Å². The zero-order valence-electron chi connectivity index (χ0n) is 13.5. The summed E-state index contributed by atoms with van der Waals surface area (Å²) in [7, 11) is 3.50. The number of carbonyl (C=O) groups is 2. The normalized spacial score (nSPS) is 24.4. The molecule has 2 fully saturated rings. The molecule has 0 unspecified atom stereocenters. The van der Waals surface area contributed by atoms with E-state index >= 15 is 0 Å². The number of nitrogens with zero attached hydrogens (tertiary/aromatic N) is 2. The van der Waals surface area contributed by atoms with Gasteiger partial charge < -0.3 is 19.9 Å². The highest BCUT2D eigenvalue weighted by Gasteiger charge is 2.51. The molecule has 1 atom stereocenters. The van der Waals surface area contributed by atoms with Crippen LogP contribution < -0.4 is 5.32 Å². The van der Waals surface area contributed by atoms with Gasteiger partial charge in [-0.2, -0.15) is 0 Å². The van der Waals surface area contributed by atoms with Crippen LogP contribution in [0.1, 0.15) is 26.7 Å². The van der Waals surface area contributed by atoms with Crippen LogP contribution in [0.4, 0.5) is 4.79 Å². The summed E-state index contributed by atoms with van der Waals surface area (Å²) >= 11 is 0. The van der Waals surface area contributed by atoms with E-state index in [-0.39, 0.29) is 29.3 Å². The van der Waals surface area contributed by atoms with E-state index in [1.54, 1.807) is 19.0 Å². The molecule has 3 amide bonds. The fraction of sp³-hybridized carbons (Fsp3) is 0.867. The molecule has 21 heavy (non-hydrogen) atoms. The summed E-state index contributed by atoms with van der Waals surface area (Å²) in [5.74, 6) is -0.0614. The largest absolute Gasteiger partial charge is 0.381 e. The number of rotatable bonds is 2. The van der Waals surface area contributed by atoms with Gasteiger partial charge in [0.15, 0.2) is 0 Å². The Kier molecular flexibility index (Phi) is 4.76. The van der Waals surface area contributed by atoms with Gasteiger partial charge in [0, 0.05) is 51.9 Å². The summed E-state index contributed by atoms with van der Waals surface area (Å²) < 4.78 is 5.46. The molecule has 0 saturated carbocycles. The predicted molar refractivity (Wildman–Crippen MR) is 79.9 cm³/mol. The third-order valence-electron chi connectivity index (χ3n) is 4.54. The van der Waals surface area contributed by atoms with Crippen molar-refractivity contribution in [1.29, 1.82) is 0 Å². The lowest BCUT2D eigenvalue weighted by Gasteiger charge is -2.37. The molecule has 1 spiro atoms. The highest BCUT2D eigenvalue weighted by molar-refractivity contribution is 5.82. The fourth-order valence-corrected chi connectivity index (χ4v) is 3.43. The molecule has 0 bridgehead atoms. The van der Waals surface area contributed by atoms with Crippen LogP contribution in [-0.4, -0.2) is 68.2 Å². The summed E-state index contributed by atoms with van der Waals surface area (Å²) in [6.07, 6.45) is 1.70. The number of amides is 3. The molecule has 2 aliphatic heterocycles. The quantitative estimate of drug-likeness (QED) is 0.824. The number of likely N-dealkylation sites (tertiary alicyclic amines) is 1. The highest BCUT2D eigenvalue weighted by Crippen LogP contribution is 2.44. The molecular weight excluding hydrogens is 270 g/mol. The van der Waals surface area contributed by atoms with E-state index in [2.05, 4.69) is 5.32 Å². The van der Waals surface area contributed by atoms with Crippen LogP contribution in [0.2, 0.25) is 0 Å². The highest BCUT2D eigenvalue weighted by atomic mass is 16.5. The van der Waals surface area contributed by atoms with E-state index in [0.29, 0.717) is 26.3 Å². The number of nitrogens with one attached hydrogen (secondary N) is 1. The van der Waals surface area contributed by atoms with Gasteiger partial charge in [0.05, 0.1) is 5.92 Å². The second-order valence-corrected chi connectivity index (χ2v) is 6.75. The molecule has 6 nitrogen and oxygen atoms in total. The topological polar surface area (TPSA) is 61.9 Å². The molecule has 0 aromatic rings. The minimum Gasteiger partial charge on any atom is -0.381 e. The average Bonchev–Trinajstić information content (AvgIpc) is 2.77. The second kappa shape index (κ2) is 6.22. The lowest BCUT2D eigenvalue weighted by Crippen LogP contribution is -2.46. The first kappa shape index (κ1) is 16.1. The van der Waals surface area contributed by atoms with E-state index < -0.39 is 0 Å². The Morgan fingerprint density at radius 3 is 2.43 bits per heavy atom. The molecule has 2 rings (SSSR count). The number of hydrogen-bond donors (Lipinski definition) is 1. The summed E-state index contributed by atoms with van der Waals surface area (Å²) in [5, 5.41) is 3.01. The molecule has 0 aliphatic carbocycles. The Hall–Kier alpha value is -1.30. The number of carbonyl (C=O) groups excluding carboxylic acids is 2. The lowest BCUT2D eigenvalue weighted by molar-refractivity contribution is -0.130. The Morgan fingerprint density at radius 2 is 1.90 bits per heavy atom. The van der Waals surface area contributed by atoms with E-state index in [1.165, 1.54) is 0 Å². The molecule has 2 saturated heterocycles. The van der Waals surface area contributed by atoms with Crippen LogP contribution in [0.3, 0.4) is 0 Å². The standard InChI is InChI=1S/C15H27N3O3/c1-11(2)16-13(19)12-9-18(14(20)17(3)4)10-15(12)5-7-21-8-6-15/h11-12H,5-10H2,1-4H3,(H,16,19)/t12-/m0/s1. The van der Waals surface area contributed by atoms with Gasteiger partial charge in [-0.15, -0.1) is 0 Å². The predicted octanol–water partition coefficient (Wildman–Crippen LogP) is 0.921. The molecule has 2 aliphatic rings. The van der Waals surface area contributed by atoms with Crippen LogP contribution in [0, 0.1) is 11.3 Å². The van der Waals surface area contributed by atoms with Gasteiger partial charge in [0.25, 0.3) is 0 Å². The van der Waals surface area contributed by atoms with Gasteiger partial charge in [0.1, 0.15) is 0 Å². The van der Waals surface area contributed by atoms with Crippen molar-refractivity contribution in [3.63, 3.8) is 0 Å². The Balaban J connectivity index is 2.18. The van der Waals surface area contributed by atoms with Gasteiger partial charge in [-0.3, -0.25) is 4.79 Å². The van der Waals surface area contributed by atoms with Crippen LogP contribution in [0.25, 0.3) is 0 Å². The lowest BCUT2D eigenvalue weighted by atomic mass is 9.71. The maximum Gasteiger partial charge on any atom is 0.319 e. The Bertz CT molecular complexity index is 403. The third kappa shape index (κ3) is 3.31. The van der Waals surface area contributed by atoms with Gasteiger partial charge in [-0.05, 0) is 26.7 Å². The van der Waals surface area contributed by atoms with Crippen molar-refractivity contribution in [2.45, 2.75) is 32.7 Å². The second-order valence-electron chi connectivity index (χ2n) is 6.75. The first-order chi connectivity index (χ1) is 9.85.